The van der Waals surface area contributed by atoms with E-state index in [2.05, 4.69) is 9.97 Å². The minimum atomic E-state index is -0.563. The van der Waals surface area contributed by atoms with Gasteiger partial charge in [0.05, 0.1) is 22.8 Å². The zero-order valence-electron chi connectivity index (χ0n) is 17.5. The SMILES string of the molecule is N#Cc1c(-c2cccc(Cl)c2)nc(SCC(=O)N2c3ccccc3Sc3ccccc32)[nH]c1=O. The number of amides is 1. The number of carbonyl (C=O) groups excluding carboxylic acids is 1. The summed E-state index contributed by atoms with van der Waals surface area (Å²) in [6, 6.07) is 24.2. The Hall–Kier alpha value is -3.51. The number of nitriles is 1. The number of hydrogen-bond donors (Lipinski definition) is 1. The number of anilines is 2. The van der Waals surface area contributed by atoms with Crippen LogP contribution >= 0.6 is 35.1 Å². The van der Waals surface area contributed by atoms with E-state index in [4.69, 9.17) is 11.6 Å². The highest BCUT2D eigenvalue weighted by Crippen LogP contribution is 2.48. The van der Waals surface area contributed by atoms with Crippen LogP contribution in [0.1, 0.15) is 5.56 Å². The second-order valence-electron chi connectivity index (χ2n) is 7.27. The lowest BCUT2D eigenvalue weighted by molar-refractivity contribution is -0.115. The summed E-state index contributed by atoms with van der Waals surface area (Å²) in [5, 5.41) is 10.2. The average Bonchev–Trinajstić information content (AvgIpc) is 2.85. The zero-order chi connectivity index (χ0) is 23.7. The highest BCUT2D eigenvalue weighted by atomic mass is 35.5. The third kappa shape index (κ3) is 4.21. The molecule has 1 N–H and O–H groups in total. The number of fused-ring (bicyclic) bond motifs is 2. The molecule has 0 saturated carbocycles. The number of para-hydroxylation sites is 2. The molecule has 34 heavy (non-hydrogen) atoms. The molecule has 6 nitrogen and oxygen atoms in total. The molecule has 2 heterocycles. The quantitative estimate of drug-likeness (QED) is 0.276. The van der Waals surface area contributed by atoms with Crippen molar-refractivity contribution in [3.63, 3.8) is 0 Å². The van der Waals surface area contributed by atoms with Gasteiger partial charge in [0.25, 0.3) is 5.56 Å². The molecule has 1 amide bonds. The summed E-state index contributed by atoms with van der Waals surface area (Å²) in [5.74, 6) is -0.113. The Bertz CT molecular complexity index is 1480. The Morgan fingerprint density at radius 3 is 2.38 bits per heavy atom. The summed E-state index contributed by atoms with van der Waals surface area (Å²) in [6.07, 6.45) is 0. The molecular formula is C25H15ClN4O2S2. The Morgan fingerprint density at radius 1 is 1.06 bits per heavy atom. The fraction of sp³-hybridized carbons (Fsp3) is 0.0400. The molecular weight excluding hydrogens is 488 g/mol. The number of H-pyrrole nitrogens is 1. The molecule has 1 aliphatic rings. The number of benzene rings is 3. The van der Waals surface area contributed by atoms with Gasteiger partial charge in [0.15, 0.2) is 5.16 Å². The predicted octanol–water partition coefficient (Wildman–Crippen LogP) is 5.88. The fourth-order valence-corrected chi connectivity index (χ4v) is 5.60. The summed E-state index contributed by atoms with van der Waals surface area (Å²) in [4.78, 5) is 36.7. The Labute approximate surface area is 208 Å². The van der Waals surface area contributed by atoms with E-state index in [9.17, 15) is 14.9 Å². The van der Waals surface area contributed by atoms with Gasteiger partial charge in [-0.15, -0.1) is 0 Å². The smallest absolute Gasteiger partial charge is 0.270 e. The second-order valence-corrected chi connectivity index (χ2v) is 9.76. The van der Waals surface area contributed by atoms with E-state index >= 15 is 0 Å². The van der Waals surface area contributed by atoms with Crippen LogP contribution in [0.4, 0.5) is 11.4 Å². The molecule has 0 spiro atoms. The van der Waals surface area contributed by atoms with Crippen LogP contribution in [0.2, 0.25) is 5.02 Å². The summed E-state index contributed by atoms with van der Waals surface area (Å²) >= 11 is 8.82. The van der Waals surface area contributed by atoms with E-state index in [1.165, 1.54) is 0 Å². The maximum atomic E-state index is 13.4. The Kier molecular flexibility index (Phi) is 6.16. The number of aromatic nitrogens is 2. The van der Waals surface area contributed by atoms with Crippen LogP contribution in [-0.4, -0.2) is 21.6 Å². The van der Waals surface area contributed by atoms with Gasteiger partial charge >= 0.3 is 0 Å². The number of thioether (sulfide) groups is 1. The fourth-order valence-electron chi connectivity index (χ4n) is 3.64. The maximum absolute atomic E-state index is 13.4. The molecule has 0 radical (unpaired) electrons. The van der Waals surface area contributed by atoms with Crippen LogP contribution < -0.4 is 10.5 Å². The van der Waals surface area contributed by atoms with Crippen molar-refractivity contribution in [3.8, 4) is 17.3 Å². The number of nitrogens with one attached hydrogen (secondary N) is 1. The van der Waals surface area contributed by atoms with Crippen molar-refractivity contribution in [3.05, 3.63) is 93.7 Å². The minimum absolute atomic E-state index is 0.0389. The first-order valence-electron chi connectivity index (χ1n) is 10.2. The van der Waals surface area contributed by atoms with Gasteiger partial charge in [-0.25, -0.2) is 4.98 Å². The van der Waals surface area contributed by atoms with Crippen LogP contribution in [0.25, 0.3) is 11.3 Å². The number of carbonyl (C=O) groups is 1. The largest absolute Gasteiger partial charge is 0.300 e. The van der Waals surface area contributed by atoms with Crippen LogP contribution in [0.5, 0.6) is 0 Å². The molecule has 0 aliphatic carbocycles. The molecule has 9 heteroatoms. The van der Waals surface area contributed by atoms with Crippen molar-refractivity contribution in [2.75, 3.05) is 10.7 Å². The minimum Gasteiger partial charge on any atom is -0.300 e. The number of nitrogens with zero attached hydrogens (tertiary/aromatic N) is 3. The molecule has 166 valence electrons. The van der Waals surface area contributed by atoms with Crippen LogP contribution in [0, 0.1) is 11.3 Å². The molecule has 5 rings (SSSR count). The first-order chi connectivity index (χ1) is 16.5. The zero-order valence-corrected chi connectivity index (χ0v) is 19.9. The molecule has 1 aliphatic heterocycles. The van der Waals surface area contributed by atoms with Crippen molar-refractivity contribution in [1.29, 1.82) is 5.26 Å². The van der Waals surface area contributed by atoms with Gasteiger partial charge in [0.2, 0.25) is 5.91 Å². The van der Waals surface area contributed by atoms with Crippen molar-refractivity contribution in [2.45, 2.75) is 14.9 Å². The molecule has 4 aromatic rings. The highest BCUT2D eigenvalue weighted by Gasteiger charge is 2.28. The van der Waals surface area contributed by atoms with E-state index in [0.29, 0.717) is 10.6 Å². The predicted molar refractivity (Wildman–Crippen MR) is 135 cm³/mol. The lowest BCUT2D eigenvalue weighted by atomic mass is 10.1. The van der Waals surface area contributed by atoms with E-state index < -0.39 is 5.56 Å². The van der Waals surface area contributed by atoms with Crippen molar-refractivity contribution in [1.82, 2.24) is 9.97 Å². The third-order valence-corrected chi connectivity index (χ3v) is 7.34. The van der Waals surface area contributed by atoms with Gasteiger partial charge in [0, 0.05) is 20.4 Å². The molecule has 0 atom stereocenters. The van der Waals surface area contributed by atoms with E-state index in [1.807, 2.05) is 54.6 Å². The second kappa shape index (κ2) is 9.39. The summed E-state index contributed by atoms with van der Waals surface area (Å²) in [6.45, 7) is 0. The Balaban J connectivity index is 1.46. The van der Waals surface area contributed by atoms with Crippen molar-refractivity contribution in [2.24, 2.45) is 0 Å². The van der Waals surface area contributed by atoms with Crippen molar-refractivity contribution >= 4 is 52.4 Å². The van der Waals surface area contributed by atoms with Crippen LogP contribution in [0.3, 0.4) is 0 Å². The standard InChI is InChI=1S/C25H15ClN4O2S2/c26-16-7-5-6-15(12-16)23-17(13-27)24(32)29-25(28-23)33-14-22(31)30-18-8-1-3-10-20(18)34-21-11-4-2-9-19(21)30/h1-12H,14H2,(H,28,29,32). The number of rotatable bonds is 4. The first kappa shape index (κ1) is 22.3. The Morgan fingerprint density at radius 2 is 1.74 bits per heavy atom. The van der Waals surface area contributed by atoms with Crippen molar-refractivity contribution < 1.29 is 4.79 Å². The molecule has 3 aromatic carbocycles. The van der Waals surface area contributed by atoms with Crippen LogP contribution in [0.15, 0.2) is 92.5 Å². The van der Waals surface area contributed by atoms with E-state index in [-0.39, 0.29) is 28.1 Å². The molecule has 0 saturated heterocycles. The van der Waals surface area contributed by atoms with Gasteiger partial charge in [-0.2, -0.15) is 5.26 Å². The molecule has 0 fully saturated rings. The number of halogens is 1. The first-order valence-corrected chi connectivity index (χ1v) is 12.3. The maximum Gasteiger partial charge on any atom is 0.270 e. The summed E-state index contributed by atoms with van der Waals surface area (Å²) in [5.41, 5.74) is 1.75. The third-order valence-electron chi connectivity index (χ3n) is 5.12. The van der Waals surface area contributed by atoms with Crippen LogP contribution in [-0.2, 0) is 4.79 Å². The lowest BCUT2D eigenvalue weighted by Crippen LogP contribution is -2.30. The van der Waals surface area contributed by atoms with Gasteiger partial charge in [0.1, 0.15) is 11.6 Å². The molecule has 0 bridgehead atoms. The molecule has 0 unspecified atom stereocenters. The van der Waals surface area contributed by atoms with E-state index in [0.717, 1.165) is 32.9 Å². The number of aromatic amines is 1. The van der Waals surface area contributed by atoms with Gasteiger partial charge in [-0.05, 0) is 36.4 Å². The number of hydrogen-bond acceptors (Lipinski definition) is 6. The average molecular weight is 503 g/mol. The van der Waals surface area contributed by atoms with Gasteiger partial charge in [-0.3, -0.25) is 14.5 Å². The summed E-state index contributed by atoms with van der Waals surface area (Å²) in [7, 11) is 0. The van der Waals surface area contributed by atoms with E-state index in [1.54, 1.807) is 40.9 Å². The topological polar surface area (TPSA) is 89.8 Å². The lowest BCUT2D eigenvalue weighted by Gasteiger charge is -2.30. The van der Waals surface area contributed by atoms with Gasteiger partial charge in [-0.1, -0.05) is 71.5 Å². The normalized spacial score (nSPS) is 11.9. The van der Waals surface area contributed by atoms with Gasteiger partial charge < -0.3 is 4.98 Å². The summed E-state index contributed by atoms with van der Waals surface area (Å²) < 4.78 is 0. The highest BCUT2D eigenvalue weighted by molar-refractivity contribution is 8.00. The molecule has 1 aromatic heterocycles. The monoisotopic (exact) mass is 502 g/mol.